The molecule has 0 saturated carbocycles. The van der Waals surface area contributed by atoms with Gasteiger partial charge in [0.1, 0.15) is 6.61 Å². The van der Waals surface area contributed by atoms with Crippen LogP contribution >= 0.6 is 0 Å². The Morgan fingerprint density at radius 2 is 2.18 bits per heavy atom. The van der Waals surface area contributed by atoms with Crippen molar-refractivity contribution in [1.29, 1.82) is 0 Å². The van der Waals surface area contributed by atoms with E-state index in [-0.39, 0.29) is 12.1 Å². The molecule has 1 aliphatic heterocycles. The normalized spacial score (nSPS) is 25.2. The van der Waals surface area contributed by atoms with Gasteiger partial charge in [0.15, 0.2) is 0 Å². The van der Waals surface area contributed by atoms with Crippen LogP contribution < -0.4 is 5.32 Å². The zero-order valence-electron chi connectivity index (χ0n) is 11.7. The molecule has 1 fully saturated rings. The molecule has 1 unspecified atom stereocenters. The fraction of sp³-hybridized carbons (Fsp3) is 0.846. The second kappa shape index (κ2) is 4.96. The Morgan fingerprint density at radius 1 is 1.59 bits per heavy atom. The Morgan fingerprint density at radius 3 is 2.59 bits per heavy atom. The Labute approximate surface area is 105 Å². The summed E-state index contributed by atoms with van der Waals surface area (Å²) in [5.74, 6) is 0. The molecule has 0 bridgehead atoms. The highest BCUT2D eigenvalue weighted by Crippen LogP contribution is 2.33. The molecule has 2 N–H and O–H groups in total. The second-order valence-electron chi connectivity index (χ2n) is 6.15. The lowest BCUT2D eigenvalue weighted by molar-refractivity contribution is -0.228. The van der Waals surface area contributed by atoms with E-state index in [1.807, 2.05) is 12.1 Å². The number of hydroxylamine groups is 2. The molecule has 0 aliphatic carbocycles. The van der Waals surface area contributed by atoms with Crippen molar-refractivity contribution in [3.05, 3.63) is 12.3 Å². The van der Waals surface area contributed by atoms with Gasteiger partial charge in [0.2, 0.25) is 0 Å². The summed E-state index contributed by atoms with van der Waals surface area (Å²) in [6.07, 6.45) is 1.88. The molecule has 4 heteroatoms. The number of nitrogens with one attached hydrogen (secondary N) is 1. The minimum Gasteiger partial charge on any atom is -0.388 e. The molecule has 1 heterocycles. The van der Waals surface area contributed by atoms with E-state index in [0.717, 1.165) is 18.5 Å². The zero-order valence-corrected chi connectivity index (χ0v) is 11.7. The average Bonchev–Trinajstić information content (AvgIpc) is 2.13. The molecule has 0 aromatic rings. The van der Waals surface area contributed by atoms with E-state index in [4.69, 9.17) is 4.84 Å². The molecule has 4 nitrogen and oxygen atoms in total. The van der Waals surface area contributed by atoms with Crippen LogP contribution in [0.5, 0.6) is 0 Å². The molecule has 0 amide bonds. The maximum absolute atomic E-state index is 9.71. The van der Waals surface area contributed by atoms with Crippen molar-refractivity contribution in [2.75, 3.05) is 13.7 Å². The van der Waals surface area contributed by atoms with Crippen molar-refractivity contribution in [1.82, 2.24) is 10.4 Å². The number of hydrogen-bond acceptors (Lipinski definition) is 4. The van der Waals surface area contributed by atoms with E-state index < -0.39 is 5.60 Å². The minimum atomic E-state index is -0.823. The predicted octanol–water partition coefficient (Wildman–Crippen LogP) is 1.66. The van der Waals surface area contributed by atoms with E-state index in [1.54, 1.807) is 13.8 Å². The van der Waals surface area contributed by atoms with Gasteiger partial charge in [-0.05, 0) is 41.2 Å². The van der Waals surface area contributed by atoms with Crippen molar-refractivity contribution in [2.45, 2.75) is 57.7 Å². The van der Waals surface area contributed by atoms with E-state index >= 15 is 0 Å². The maximum Gasteiger partial charge on any atom is 0.103 e. The monoisotopic (exact) mass is 242 g/mol. The SMILES string of the molecule is C=C1CC(NC)CC(C)(C)N1OCC(C)(C)O. The van der Waals surface area contributed by atoms with Crippen molar-refractivity contribution in [3.63, 3.8) is 0 Å². The summed E-state index contributed by atoms with van der Waals surface area (Å²) in [5.41, 5.74) is 0.0367. The van der Waals surface area contributed by atoms with Crippen molar-refractivity contribution in [2.24, 2.45) is 0 Å². The van der Waals surface area contributed by atoms with Gasteiger partial charge in [-0.3, -0.25) is 9.90 Å². The summed E-state index contributed by atoms with van der Waals surface area (Å²) >= 11 is 0. The van der Waals surface area contributed by atoms with Crippen molar-refractivity contribution in [3.8, 4) is 0 Å². The van der Waals surface area contributed by atoms with Gasteiger partial charge < -0.3 is 10.4 Å². The lowest BCUT2D eigenvalue weighted by atomic mass is 9.87. The summed E-state index contributed by atoms with van der Waals surface area (Å²) in [4.78, 5) is 5.72. The van der Waals surface area contributed by atoms with Gasteiger partial charge in [0, 0.05) is 18.2 Å². The maximum atomic E-state index is 9.71. The van der Waals surface area contributed by atoms with E-state index in [0.29, 0.717) is 6.04 Å². The Kier molecular flexibility index (Phi) is 4.23. The molecule has 0 aromatic carbocycles. The molecular weight excluding hydrogens is 216 g/mol. The molecule has 0 spiro atoms. The van der Waals surface area contributed by atoms with Crippen LogP contribution in [0, 0.1) is 0 Å². The van der Waals surface area contributed by atoms with Gasteiger partial charge in [0.25, 0.3) is 0 Å². The van der Waals surface area contributed by atoms with E-state index in [2.05, 4.69) is 25.7 Å². The molecular formula is C13H26N2O2. The van der Waals surface area contributed by atoms with Crippen LogP contribution in [0.4, 0.5) is 0 Å². The first kappa shape index (κ1) is 14.5. The molecule has 100 valence electrons. The fourth-order valence-corrected chi connectivity index (χ4v) is 2.25. The first-order valence-electron chi connectivity index (χ1n) is 6.16. The quantitative estimate of drug-likeness (QED) is 0.787. The molecule has 1 atom stereocenters. The molecule has 17 heavy (non-hydrogen) atoms. The summed E-state index contributed by atoms with van der Waals surface area (Å²) in [5, 5.41) is 14.9. The van der Waals surface area contributed by atoms with Crippen molar-refractivity contribution < 1.29 is 9.94 Å². The third-order valence-corrected chi connectivity index (χ3v) is 3.02. The Hall–Kier alpha value is -0.580. The van der Waals surface area contributed by atoms with Gasteiger partial charge in [-0.25, -0.2) is 0 Å². The van der Waals surface area contributed by atoms with Crippen LogP contribution in [0.25, 0.3) is 0 Å². The van der Waals surface area contributed by atoms with Gasteiger partial charge >= 0.3 is 0 Å². The molecule has 1 aliphatic rings. The first-order valence-corrected chi connectivity index (χ1v) is 6.16. The molecule has 1 saturated heterocycles. The van der Waals surface area contributed by atoms with E-state index in [9.17, 15) is 5.11 Å². The number of aliphatic hydroxyl groups is 1. The number of piperidine rings is 1. The smallest absolute Gasteiger partial charge is 0.103 e. The third kappa shape index (κ3) is 3.98. The second-order valence-corrected chi connectivity index (χ2v) is 6.15. The Balaban J connectivity index is 2.68. The summed E-state index contributed by atoms with van der Waals surface area (Å²) < 4.78 is 0. The van der Waals surface area contributed by atoms with Crippen LogP contribution in [0.2, 0.25) is 0 Å². The minimum absolute atomic E-state index is 0.103. The largest absolute Gasteiger partial charge is 0.388 e. The molecule has 0 radical (unpaired) electrons. The van der Waals surface area contributed by atoms with Gasteiger partial charge in [0.05, 0.1) is 11.1 Å². The van der Waals surface area contributed by atoms with Crippen LogP contribution in [-0.2, 0) is 4.84 Å². The highest BCUT2D eigenvalue weighted by Gasteiger charge is 2.37. The standard InChI is InChI=1S/C13H26N2O2/c1-10-7-11(14-6)8-12(2,3)15(10)17-9-13(4,5)16/h11,14,16H,1,7-9H2,2-6H3. The van der Waals surface area contributed by atoms with Gasteiger partial charge in [-0.15, -0.1) is 0 Å². The highest BCUT2D eigenvalue weighted by molar-refractivity contribution is 5.06. The van der Waals surface area contributed by atoms with E-state index in [1.165, 1.54) is 0 Å². The number of nitrogens with zero attached hydrogens (tertiary/aromatic N) is 1. The number of rotatable bonds is 4. The van der Waals surface area contributed by atoms with Gasteiger partial charge in [-0.2, -0.15) is 0 Å². The fourth-order valence-electron chi connectivity index (χ4n) is 2.25. The molecule has 0 aromatic heterocycles. The zero-order chi connectivity index (χ0) is 13.3. The highest BCUT2D eigenvalue weighted by atomic mass is 16.7. The third-order valence-electron chi connectivity index (χ3n) is 3.02. The topological polar surface area (TPSA) is 44.7 Å². The Bertz CT molecular complexity index is 282. The van der Waals surface area contributed by atoms with Crippen LogP contribution in [0.1, 0.15) is 40.5 Å². The van der Waals surface area contributed by atoms with Crippen LogP contribution in [-0.4, -0.2) is 41.0 Å². The van der Waals surface area contributed by atoms with Crippen LogP contribution in [0.3, 0.4) is 0 Å². The lowest BCUT2D eigenvalue weighted by Crippen LogP contribution is -2.53. The van der Waals surface area contributed by atoms with Gasteiger partial charge in [-0.1, -0.05) is 6.58 Å². The summed E-state index contributed by atoms with van der Waals surface area (Å²) in [7, 11) is 1.97. The average molecular weight is 242 g/mol. The van der Waals surface area contributed by atoms with Crippen LogP contribution in [0.15, 0.2) is 12.3 Å². The van der Waals surface area contributed by atoms with Crippen molar-refractivity contribution >= 4 is 0 Å². The summed E-state index contributed by atoms with van der Waals surface area (Å²) in [6.45, 7) is 12.1. The summed E-state index contributed by atoms with van der Waals surface area (Å²) in [6, 6.07) is 0.444. The predicted molar refractivity (Wildman–Crippen MR) is 69.4 cm³/mol. The first-order chi connectivity index (χ1) is 7.65. The number of hydrogen-bond donors (Lipinski definition) is 2. The lowest BCUT2D eigenvalue weighted by Gasteiger charge is -2.47. The molecule has 1 rings (SSSR count).